The van der Waals surface area contributed by atoms with Crippen LogP contribution in [0.15, 0.2) is 0 Å². The molecule has 0 aromatic rings. The van der Waals surface area contributed by atoms with Gasteiger partial charge in [0.25, 0.3) is 0 Å². The van der Waals surface area contributed by atoms with E-state index in [-0.39, 0.29) is 24.8 Å². The van der Waals surface area contributed by atoms with Gasteiger partial charge in [0.1, 0.15) is 0 Å². The lowest BCUT2D eigenvalue weighted by Crippen LogP contribution is -2.48. The van der Waals surface area contributed by atoms with Crippen LogP contribution in [-0.4, -0.2) is 52.0 Å². The van der Waals surface area contributed by atoms with Gasteiger partial charge in [-0.2, -0.15) is 11.8 Å². The Morgan fingerprint density at radius 1 is 1.40 bits per heavy atom. The van der Waals surface area contributed by atoms with Crippen molar-refractivity contribution in [1.29, 1.82) is 0 Å². The Kier molecular flexibility index (Phi) is 6.84. The van der Waals surface area contributed by atoms with Gasteiger partial charge in [-0.05, 0) is 12.3 Å². The highest BCUT2D eigenvalue weighted by Gasteiger charge is 2.24. The Bertz CT molecular complexity index is 375. The van der Waals surface area contributed by atoms with Crippen LogP contribution in [0.1, 0.15) is 33.1 Å². The lowest BCUT2D eigenvalue weighted by atomic mass is 10.0. The van der Waals surface area contributed by atoms with E-state index < -0.39 is 11.9 Å². The molecular formula is C13H22N2O4S. The standard InChI is InChI=1S/C13H22N2O4S/c1-3-10-8-15(4-5-20-10)13(19)14-11(16)6-9(2)7-12(17)18/h9-10H,3-8H2,1-2H3,(H,17,18)(H,14,16,19). The molecule has 0 aliphatic carbocycles. The van der Waals surface area contributed by atoms with Crippen molar-refractivity contribution < 1.29 is 19.5 Å². The van der Waals surface area contributed by atoms with Crippen molar-refractivity contribution in [3.8, 4) is 0 Å². The molecule has 0 aromatic carbocycles. The summed E-state index contributed by atoms with van der Waals surface area (Å²) in [4.78, 5) is 35.8. The smallest absolute Gasteiger partial charge is 0.324 e. The van der Waals surface area contributed by atoms with Gasteiger partial charge in [0, 0.05) is 36.9 Å². The maximum atomic E-state index is 11.9. The van der Waals surface area contributed by atoms with E-state index in [1.165, 1.54) is 0 Å². The molecule has 114 valence electrons. The summed E-state index contributed by atoms with van der Waals surface area (Å²) in [5.41, 5.74) is 0. The molecule has 0 aromatic heterocycles. The van der Waals surface area contributed by atoms with Crippen molar-refractivity contribution in [3.05, 3.63) is 0 Å². The third kappa shape index (κ3) is 5.81. The molecule has 1 saturated heterocycles. The summed E-state index contributed by atoms with van der Waals surface area (Å²) in [7, 11) is 0. The van der Waals surface area contributed by atoms with Crippen LogP contribution in [0, 0.1) is 5.92 Å². The SMILES string of the molecule is CCC1CN(C(=O)NC(=O)CC(C)CC(=O)O)CCS1. The van der Waals surface area contributed by atoms with E-state index in [1.807, 2.05) is 11.8 Å². The fourth-order valence-corrected chi connectivity index (χ4v) is 3.27. The second kappa shape index (κ2) is 8.14. The number of hydrogen-bond acceptors (Lipinski definition) is 4. The minimum absolute atomic E-state index is 0.0534. The summed E-state index contributed by atoms with van der Waals surface area (Å²) < 4.78 is 0. The van der Waals surface area contributed by atoms with E-state index in [0.717, 1.165) is 12.2 Å². The first-order valence-electron chi connectivity index (χ1n) is 6.84. The third-order valence-corrected chi connectivity index (χ3v) is 4.56. The zero-order chi connectivity index (χ0) is 15.1. The molecule has 0 radical (unpaired) electrons. The van der Waals surface area contributed by atoms with E-state index in [1.54, 1.807) is 11.8 Å². The van der Waals surface area contributed by atoms with Gasteiger partial charge < -0.3 is 10.0 Å². The first-order chi connectivity index (χ1) is 9.42. The highest BCUT2D eigenvalue weighted by atomic mass is 32.2. The van der Waals surface area contributed by atoms with Crippen molar-refractivity contribution in [2.45, 2.75) is 38.4 Å². The van der Waals surface area contributed by atoms with Crippen molar-refractivity contribution in [2.24, 2.45) is 5.92 Å². The van der Waals surface area contributed by atoms with E-state index >= 15 is 0 Å². The number of nitrogens with zero attached hydrogens (tertiary/aromatic N) is 1. The quantitative estimate of drug-likeness (QED) is 0.804. The number of hydrogen-bond donors (Lipinski definition) is 2. The summed E-state index contributed by atoms with van der Waals surface area (Å²) >= 11 is 1.85. The number of thioether (sulfide) groups is 1. The highest BCUT2D eigenvalue weighted by Crippen LogP contribution is 2.21. The summed E-state index contributed by atoms with van der Waals surface area (Å²) in [5.74, 6) is -0.735. The molecule has 1 fully saturated rings. The number of imide groups is 1. The molecule has 1 heterocycles. The second-order valence-electron chi connectivity index (χ2n) is 5.11. The minimum Gasteiger partial charge on any atom is -0.481 e. The Hall–Kier alpha value is -1.24. The minimum atomic E-state index is -0.935. The summed E-state index contributed by atoms with van der Waals surface area (Å²) in [6, 6.07) is -0.365. The molecule has 0 saturated carbocycles. The topological polar surface area (TPSA) is 86.7 Å². The Morgan fingerprint density at radius 3 is 2.70 bits per heavy atom. The number of urea groups is 1. The number of carbonyl (C=O) groups is 3. The molecule has 7 heteroatoms. The summed E-state index contributed by atoms with van der Waals surface area (Å²) in [6.07, 6.45) is 0.982. The molecule has 6 nitrogen and oxygen atoms in total. The lowest BCUT2D eigenvalue weighted by molar-refractivity contribution is -0.138. The Morgan fingerprint density at radius 2 is 2.10 bits per heavy atom. The first-order valence-corrected chi connectivity index (χ1v) is 7.89. The molecule has 1 aliphatic rings. The van der Waals surface area contributed by atoms with Crippen LogP contribution in [-0.2, 0) is 9.59 Å². The van der Waals surface area contributed by atoms with Crippen LogP contribution in [0.3, 0.4) is 0 Å². The lowest BCUT2D eigenvalue weighted by Gasteiger charge is -2.31. The van der Waals surface area contributed by atoms with Crippen LogP contribution in [0.25, 0.3) is 0 Å². The van der Waals surface area contributed by atoms with Gasteiger partial charge in [0.15, 0.2) is 0 Å². The van der Waals surface area contributed by atoms with Gasteiger partial charge in [-0.25, -0.2) is 4.79 Å². The molecule has 0 spiro atoms. The average molecular weight is 302 g/mol. The van der Waals surface area contributed by atoms with Crippen molar-refractivity contribution >= 4 is 29.7 Å². The number of amides is 3. The number of carboxylic acids is 1. The van der Waals surface area contributed by atoms with E-state index in [0.29, 0.717) is 18.3 Å². The normalized spacial score (nSPS) is 20.3. The number of aliphatic carboxylic acids is 1. The Balaban J connectivity index is 2.37. The summed E-state index contributed by atoms with van der Waals surface area (Å²) in [6.45, 7) is 5.07. The van der Waals surface area contributed by atoms with Gasteiger partial charge in [-0.15, -0.1) is 0 Å². The van der Waals surface area contributed by atoms with E-state index in [9.17, 15) is 14.4 Å². The maximum absolute atomic E-state index is 11.9. The van der Waals surface area contributed by atoms with Gasteiger partial charge in [0.2, 0.25) is 5.91 Å². The molecule has 20 heavy (non-hydrogen) atoms. The molecule has 0 bridgehead atoms. The first kappa shape index (κ1) is 16.8. The van der Waals surface area contributed by atoms with Gasteiger partial charge in [0.05, 0.1) is 0 Å². The largest absolute Gasteiger partial charge is 0.481 e. The second-order valence-corrected chi connectivity index (χ2v) is 6.52. The van der Waals surface area contributed by atoms with Crippen LogP contribution >= 0.6 is 11.8 Å². The van der Waals surface area contributed by atoms with Crippen molar-refractivity contribution in [2.75, 3.05) is 18.8 Å². The van der Waals surface area contributed by atoms with Crippen LogP contribution in [0.5, 0.6) is 0 Å². The number of nitrogens with one attached hydrogen (secondary N) is 1. The number of rotatable bonds is 5. The van der Waals surface area contributed by atoms with Crippen molar-refractivity contribution in [3.63, 3.8) is 0 Å². The Labute approximate surface area is 123 Å². The monoisotopic (exact) mass is 302 g/mol. The zero-order valence-electron chi connectivity index (χ0n) is 11.9. The van der Waals surface area contributed by atoms with Crippen LogP contribution in [0.4, 0.5) is 4.79 Å². The fourth-order valence-electron chi connectivity index (χ4n) is 2.09. The maximum Gasteiger partial charge on any atom is 0.324 e. The number of carboxylic acid groups (broad SMARTS) is 1. The highest BCUT2D eigenvalue weighted by molar-refractivity contribution is 8.00. The molecular weight excluding hydrogens is 280 g/mol. The molecule has 2 unspecified atom stereocenters. The van der Waals surface area contributed by atoms with Gasteiger partial charge in [-0.3, -0.25) is 14.9 Å². The molecule has 1 rings (SSSR count). The van der Waals surface area contributed by atoms with Gasteiger partial charge >= 0.3 is 12.0 Å². The van der Waals surface area contributed by atoms with Crippen LogP contribution < -0.4 is 5.32 Å². The van der Waals surface area contributed by atoms with E-state index in [4.69, 9.17) is 5.11 Å². The predicted octanol–water partition coefficient (Wildman–Crippen LogP) is 1.55. The van der Waals surface area contributed by atoms with E-state index in [2.05, 4.69) is 12.2 Å². The van der Waals surface area contributed by atoms with Crippen molar-refractivity contribution in [1.82, 2.24) is 10.2 Å². The zero-order valence-corrected chi connectivity index (χ0v) is 12.7. The molecule has 2 atom stereocenters. The molecule has 1 aliphatic heterocycles. The molecule has 3 amide bonds. The third-order valence-electron chi connectivity index (χ3n) is 3.18. The van der Waals surface area contributed by atoms with Crippen LogP contribution in [0.2, 0.25) is 0 Å². The number of carbonyl (C=O) groups excluding carboxylic acids is 2. The summed E-state index contributed by atoms with van der Waals surface area (Å²) in [5, 5.41) is 11.4. The fraction of sp³-hybridized carbons (Fsp3) is 0.769. The van der Waals surface area contributed by atoms with Gasteiger partial charge in [-0.1, -0.05) is 13.8 Å². The average Bonchev–Trinajstić information content (AvgIpc) is 2.37. The predicted molar refractivity (Wildman–Crippen MR) is 77.7 cm³/mol. The molecule has 2 N–H and O–H groups in total.